The zero-order valence-corrected chi connectivity index (χ0v) is 13.2. The van der Waals surface area contributed by atoms with Crippen molar-refractivity contribution in [3.05, 3.63) is 0 Å². The summed E-state index contributed by atoms with van der Waals surface area (Å²) >= 11 is 0. The number of hydrogen-bond donors (Lipinski definition) is 1. The molecule has 4 fully saturated rings. The van der Waals surface area contributed by atoms with Crippen LogP contribution in [-0.4, -0.2) is 53.1 Å². The Morgan fingerprint density at radius 1 is 1.30 bits per heavy atom. The number of rotatable bonds is 4. The minimum absolute atomic E-state index is 0.253. The van der Waals surface area contributed by atoms with Crippen molar-refractivity contribution in [3.8, 4) is 0 Å². The van der Waals surface area contributed by atoms with E-state index in [1.807, 2.05) is 0 Å². The molecule has 2 bridgehead atoms. The second-order valence-corrected chi connectivity index (χ2v) is 7.05. The Balaban J connectivity index is 1.83. The first-order valence-corrected chi connectivity index (χ1v) is 8.42. The number of nitrogens with one attached hydrogen (secondary N) is 1. The maximum atomic E-state index is 13.0. The minimum Gasteiger partial charge on any atom is -0.321 e. The number of carbonyl (C=O) groups excluding carboxylic acids is 1. The van der Waals surface area contributed by atoms with Crippen LogP contribution in [0.25, 0.3) is 0 Å². The van der Waals surface area contributed by atoms with Crippen LogP contribution >= 0.6 is 0 Å². The normalized spacial score (nSPS) is 44.4. The molecule has 0 aromatic heterocycles. The average molecular weight is 279 g/mol. The molecule has 4 heteroatoms. The summed E-state index contributed by atoms with van der Waals surface area (Å²) in [5.41, 5.74) is -0.341. The molecule has 4 saturated heterocycles. The van der Waals surface area contributed by atoms with E-state index in [1.165, 1.54) is 25.9 Å². The molecule has 4 rings (SSSR count). The number of fused-ring (bicyclic) bond motifs is 3. The largest absolute Gasteiger partial charge is 0.321 e. The van der Waals surface area contributed by atoms with E-state index in [2.05, 4.69) is 35.9 Å². The summed E-state index contributed by atoms with van der Waals surface area (Å²) in [5, 5.41) is 3.63. The van der Waals surface area contributed by atoms with Gasteiger partial charge in [-0.2, -0.15) is 0 Å². The average Bonchev–Trinajstić information content (AvgIpc) is 2.73. The van der Waals surface area contributed by atoms with Gasteiger partial charge in [0.15, 0.2) is 0 Å². The molecule has 4 aliphatic heterocycles. The summed E-state index contributed by atoms with van der Waals surface area (Å²) in [5.74, 6) is 1.07. The lowest BCUT2D eigenvalue weighted by molar-refractivity contribution is -0.139. The standard InChI is InChI=1S/C16H29N3O/c1-4-6-14-17-16(3,5-2)15(20)19(14)13-11-18-9-7-12(13)8-10-18/h12-14,17H,4-11H2,1-3H3. The van der Waals surface area contributed by atoms with Crippen molar-refractivity contribution in [3.63, 3.8) is 0 Å². The monoisotopic (exact) mass is 279 g/mol. The summed E-state index contributed by atoms with van der Waals surface area (Å²) in [4.78, 5) is 17.7. The van der Waals surface area contributed by atoms with Crippen LogP contribution in [0.4, 0.5) is 0 Å². The molecule has 3 unspecified atom stereocenters. The zero-order valence-electron chi connectivity index (χ0n) is 13.2. The van der Waals surface area contributed by atoms with Crippen LogP contribution in [0.1, 0.15) is 52.9 Å². The topological polar surface area (TPSA) is 35.6 Å². The first kappa shape index (κ1) is 14.3. The Bertz CT molecular complexity index is 378. The lowest BCUT2D eigenvalue weighted by Crippen LogP contribution is -2.60. The first-order chi connectivity index (χ1) is 9.59. The number of nitrogens with zero attached hydrogens (tertiary/aromatic N) is 2. The van der Waals surface area contributed by atoms with Crippen LogP contribution in [0.15, 0.2) is 0 Å². The van der Waals surface area contributed by atoms with E-state index in [-0.39, 0.29) is 11.7 Å². The van der Waals surface area contributed by atoms with Crippen LogP contribution in [0, 0.1) is 5.92 Å². The third-order valence-corrected chi connectivity index (χ3v) is 5.78. The predicted octanol–water partition coefficient (Wildman–Crippen LogP) is 1.81. The highest BCUT2D eigenvalue weighted by molar-refractivity contribution is 5.88. The van der Waals surface area contributed by atoms with E-state index in [0.717, 1.165) is 31.7 Å². The first-order valence-electron chi connectivity index (χ1n) is 8.42. The molecule has 0 aliphatic carbocycles. The van der Waals surface area contributed by atoms with E-state index in [1.54, 1.807) is 0 Å². The van der Waals surface area contributed by atoms with Gasteiger partial charge >= 0.3 is 0 Å². The van der Waals surface area contributed by atoms with Gasteiger partial charge in [-0.05, 0) is 51.6 Å². The fourth-order valence-corrected chi connectivity index (χ4v) is 4.29. The lowest BCUT2D eigenvalue weighted by Gasteiger charge is -2.49. The lowest BCUT2D eigenvalue weighted by atomic mass is 9.82. The molecule has 20 heavy (non-hydrogen) atoms. The number of hydrogen-bond acceptors (Lipinski definition) is 3. The van der Waals surface area contributed by atoms with Crippen molar-refractivity contribution in [2.75, 3.05) is 19.6 Å². The molecule has 0 spiro atoms. The summed E-state index contributed by atoms with van der Waals surface area (Å²) in [6, 6.07) is 0.447. The van der Waals surface area contributed by atoms with Crippen molar-refractivity contribution in [1.29, 1.82) is 0 Å². The maximum absolute atomic E-state index is 13.0. The third kappa shape index (κ3) is 2.17. The van der Waals surface area contributed by atoms with Gasteiger partial charge in [0.25, 0.3) is 0 Å². The van der Waals surface area contributed by atoms with E-state index >= 15 is 0 Å². The second-order valence-electron chi connectivity index (χ2n) is 7.05. The van der Waals surface area contributed by atoms with Crippen molar-refractivity contribution in [1.82, 2.24) is 15.1 Å². The zero-order chi connectivity index (χ0) is 14.3. The smallest absolute Gasteiger partial charge is 0.244 e. The van der Waals surface area contributed by atoms with Crippen LogP contribution < -0.4 is 5.32 Å². The van der Waals surface area contributed by atoms with E-state index < -0.39 is 0 Å². The van der Waals surface area contributed by atoms with Crippen LogP contribution in [0.5, 0.6) is 0 Å². The summed E-state index contributed by atoms with van der Waals surface area (Å²) < 4.78 is 0. The Kier molecular flexibility index (Phi) is 3.80. The van der Waals surface area contributed by atoms with Gasteiger partial charge in [0.2, 0.25) is 5.91 Å². The van der Waals surface area contributed by atoms with Gasteiger partial charge in [-0.15, -0.1) is 0 Å². The fraction of sp³-hybridized carbons (Fsp3) is 0.938. The maximum Gasteiger partial charge on any atom is 0.244 e. The molecule has 114 valence electrons. The van der Waals surface area contributed by atoms with Gasteiger partial charge in [-0.3, -0.25) is 10.1 Å². The van der Waals surface area contributed by atoms with Gasteiger partial charge in [0, 0.05) is 12.6 Å². The van der Waals surface area contributed by atoms with Gasteiger partial charge < -0.3 is 9.80 Å². The molecular formula is C16H29N3O. The highest BCUT2D eigenvalue weighted by atomic mass is 16.2. The van der Waals surface area contributed by atoms with Gasteiger partial charge in [-0.25, -0.2) is 0 Å². The van der Waals surface area contributed by atoms with Crippen LogP contribution in [0.2, 0.25) is 0 Å². The highest BCUT2D eigenvalue weighted by Gasteiger charge is 2.51. The minimum atomic E-state index is -0.341. The summed E-state index contributed by atoms with van der Waals surface area (Å²) in [6.45, 7) is 9.98. The Morgan fingerprint density at radius 2 is 2.00 bits per heavy atom. The van der Waals surface area contributed by atoms with Gasteiger partial charge in [0.05, 0.1) is 11.7 Å². The number of piperidine rings is 3. The molecule has 4 heterocycles. The molecule has 0 aromatic carbocycles. The highest BCUT2D eigenvalue weighted by Crippen LogP contribution is 2.36. The summed E-state index contributed by atoms with van der Waals surface area (Å²) in [6.07, 6.45) is 5.88. The SMILES string of the molecule is CCCC1NC(C)(CC)C(=O)N1C1CN2CCC1CC2. The van der Waals surface area contributed by atoms with Crippen molar-refractivity contribution >= 4 is 5.91 Å². The molecular weight excluding hydrogens is 250 g/mol. The molecule has 0 radical (unpaired) electrons. The van der Waals surface area contributed by atoms with Gasteiger partial charge in [-0.1, -0.05) is 20.3 Å². The number of carbonyl (C=O) groups is 1. The van der Waals surface area contributed by atoms with Gasteiger partial charge in [0.1, 0.15) is 0 Å². The second kappa shape index (κ2) is 5.30. The van der Waals surface area contributed by atoms with Crippen LogP contribution in [-0.2, 0) is 4.79 Å². The Hall–Kier alpha value is -0.610. The fourth-order valence-electron chi connectivity index (χ4n) is 4.29. The molecule has 3 atom stereocenters. The Labute approximate surface area is 122 Å². The Morgan fingerprint density at radius 3 is 2.50 bits per heavy atom. The third-order valence-electron chi connectivity index (χ3n) is 5.78. The van der Waals surface area contributed by atoms with Crippen molar-refractivity contribution in [2.24, 2.45) is 5.92 Å². The van der Waals surface area contributed by atoms with Crippen molar-refractivity contribution < 1.29 is 4.79 Å². The molecule has 4 aliphatic rings. The quantitative estimate of drug-likeness (QED) is 0.852. The van der Waals surface area contributed by atoms with E-state index in [0.29, 0.717) is 11.9 Å². The molecule has 1 N–H and O–H groups in total. The molecule has 0 saturated carbocycles. The van der Waals surface area contributed by atoms with E-state index in [4.69, 9.17) is 0 Å². The predicted molar refractivity (Wildman–Crippen MR) is 80.3 cm³/mol. The molecule has 1 amide bonds. The van der Waals surface area contributed by atoms with Crippen LogP contribution in [0.3, 0.4) is 0 Å². The number of amides is 1. The summed E-state index contributed by atoms with van der Waals surface area (Å²) in [7, 11) is 0. The molecule has 0 aromatic rings. The van der Waals surface area contributed by atoms with Crippen molar-refractivity contribution in [2.45, 2.75) is 70.6 Å². The molecule has 4 nitrogen and oxygen atoms in total. The van der Waals surface area contributed by atoms with E-state index in [9.17, 15) is 4.79 Å².